The van der Waals surface area contributed by atoms with Crippen LogP contribution in [-0.4, -0.2) is 19.1 Å². The normalized spacial score (nSPS) is 10.7. The van der Waals surface area contributed by atoms with E-state index < -0.39 is 0 Å². The molecule has 0 aliphatic heterocycles. The molecule has 1 aromatic carbocycles. The van der Waals surface area contributed by atoms with Crippen LogP contribution in [-0.2, 0) is 16.1 Å². The minimum atomic E-state index is -0.138. The van der Waals surface area contributed by atoms with Crippen LogP contribution in [0.2, 0.25) is 0 Å². The third-order valence-corrected chi connectivity index (χ3v) is 3.70. The predicted octanol–water partition coefficient (Wildman–Crippen LogP) is 2.94. The molecule has 0 bridgehead atoms. The van der Waals surface area contributed by atoms with E-state index in [2.05, 4.69) is 29.6 Å². The van der Waals surface area contributed by atoms with Crippen LogP contribution in [0.4, 0.5) is 0 Å². The van der Waals surface area contributed by atoms with Crippen molar-refractivity contribution in [2.24, 2.45) is 0 Å². The van der Waals surface area contributed by atoms with Crippen molar-refractivity contribution in [1.82, 2.24) is 5.32 Å². The van der Waals surface area contributed by atoms with E-state index in [0.717, 1.165) is 6.54 Å². The van der Waals surface area contributed by atoms with E-state index in [-0.39, 0.29) is 5.97 Å². The summed E-state index contributed by atoms with van der Waals surface area (Å²) in [7, 11) is 0. The summed E-state index contributed by atoms with van der Waals surface area (Å²) in [6, 6.07) is 10.5. The standard InChI is InChI=1S/C14H17NO2S/c1-2-17-14(16)7-8-15-10-12-9-11-5-3-4-6-13(11)18-12/h3-6,9,15H,2,7-8,10H2,1H3. The summed E-state index contributed by atoms with van der Waals surface area (Å²) in [6.45, 7) is 3.74. The monoisotopic (exact) mass is 263 g/mol. The van der Waals surface area contributed by atoms with Crippen molar-refractivity contribution >= 4 is 27.4 Å². The fourth-order valence-corrected chi connectivity index (χ4v) is 2.79. The average Bonchev–Trinajstić information content (AvgIpc) is 2.77. The summed E-state index contributed by atoms with van der Waals surface area (Å²) < 4.78 is 6.17. The maximum atomic E-state index is 11.1. The number of carbonyl (C=O) groups is 1. The summed E-state index contributed by atoms with van der Waals surface area (Å²) >= 11 is 1.79. The van der Waals surface area contributed by atoms with Crippen LogP contribution in [0, 0.1) is 0 Å². The number of nitrogens with one attached hydrogen (secondary N) is 1. The molecule has 3 nitrogen and oxygen atoms in total. The van der Waals surface area contributed by atoms with E-state index in [4.69, 9.17) is 4.74 Å². The van der Waals surface area contributed by atoms with Gasteiger partial charge in [0.15, 0.2) is 0 Å². The van der Waals surface area contributed by atoms with Crippen molar-refractivity contribution in [3.8, 4) is 0 Å². The van der Waals surface area contributed by atoms with Gasteiger partial charge in [0.05, 0.1) is 13.0 Å². The fourth-order valence-electron chi connectivity index (χ4n) is 1.76. The molecule has 0 unspecified atom stereocenters. The quantitative estimate of drug-likeness (QED) is 0.643. The van der Waals surface area contributed by atoms with Gasteiger partial charge < -0.3 is 10.1 Å². The summed E-state index contributed by atoms with van der Waals surface area (Å²) in [5.74, 6) is -0.138. The van der Waals surface area contributed by atoms with Gasteiger partial charge >= 0.3 is 5.97 Å². The first-order valence-corrected chi connectivity index (χ1v) is 6.95. The molecule has 0 atom stereocenters. The lowest BCUT2D eigenvalue weighted by Crippen LogP contribution is -2.18. The minimum Gasteiger partial charge on any atom is -0.466 e. The Kier molecular flexibility index (Phi) is 4.73. The molecule has 2 rings (SSSR count). The molecule has 0 fully saturated rings. The molecule has 0 spiro atoms. The Morgan fingerprint density at radius 3 is 3.00 bits per heavy atom. The van der Waals surface area contributed by atoms with Crippen LogP contribution in [0.3, 0.4) is 0 Å². The Balaban J connectivity index is 1.78. The topological polar surface area (TPSA) is 38.3 Å². The molecule has 0 amide bonds. The molecule has 1 N–H and O–H groups in total. The number of fused-ring (bicyclic) bond motifs is 1. The van der Waals surface area contributed by atoms with Gasteiger partial charge in [0, 0.05) is 22.7 Å². The van der Waals surface area contributed by atoms with Gasteiger partial charge in [-0.15, -0.1) is 11.3 Å². The highest BCUT2D eigenvalue weighted by Crippen LogP contribution is 2.24. The average molecular weight is 263 g/mol. The van der Waals surface area contributed by atoms with Gasteiger partial charge in [-0.2, -0.15) is 0 Å². The van der Waals surface area contributed by atoms with Gasteiger partial charge in [0.25, 0.3) is 0 Å². The van der Waals surface area contributed by atoms with E-state index in [1.165, 1.54) is 15.0 Å². The van der Waals surface area contributed by atoms with E-state index in [0.29, 0.717) is 19.6 Å². The highest BCUT2D eigenvalue weighted by atomic mass is 32.1. The molecule has 0 aliphatic carbocycles. The number of rotatable bonds is 6. The number of hydrogen-bond donors (Lipinski definition) is 1. The Hall–Kier alpha value is -1.39. The van der Waals surface area contributed by atoms with E-state index >= 15 is 0 Å². The highest BCUT2D eigenvalue weighted by Gasteiger charge is 2.02. The zero-order chi connectivity index (χ0) is 12.8. The first kappa shape index (κ1) is 13.1. The first-order chi connectivity index (χ1) is 8.79. The second kappa shape index (κ2) is 6.52. The largest absolute Gasteiger partial charge is 0.466 e. The van der Waals surface area contributed by atoms with E-state index in [1.54, 1.807) is 11.3 Å². The molecule has 0 saturated carbocycles. The van der Waals surface area contributed by atoms with Gasteiger partial charge in [-0.25, -0.2) is 0 Å². The van der Waals surface area contributed by atoms with Crippen molar-refractivity contribution in [3.05, 3.63) is 35.2 Å². The third kappa shape index (κ3) is 3.55. The molecule has 0 saturated heterocycles. The van der Waals surface area contributed by atoms with Gasteiger partial charge in [0.2, 0.25) is 0 Å². The van der Waals surface area contributed by atoms with Gasteiger partial charge in [-0.05, 0) is 24.4 Å². The zero-order valence-corrected chi connectivity index (χ0v) is 11.3. The van der Waals surface area contributed by atoms with Crippen LogP contribution < -0.4 is 5.32 Å². The van der Waals surface area contributed by atoms with E-state index in [1.807, 2.05) is 13.0 Å². The summed E-state index contributed by atoms with van der Waals surface area (Å²) in [6.07, 6.45) is 0.429. The smallest absolute Gasteiger partial charge is 0.307 e. The maximum absolute atomic E-state index is 11.1. The Bertz CT molecular complexity index is 488. The summed E-state index contributed by atoms with van der Waals surface area (Å²) in [5.41, 5.74) is 0. The third-order valence-electron chi connectivity index (χ3n) is 2.59. The van der Waals surface area contributed by atoms with Gasteiger partial charge in [0.1, 0.15) is 0 Å². The second-order valence-electron chi connectivity index (χ2n) is 3.98. The highest BCUT2D eigenvalue weighted by molar-refractivity contribution is 7.19. The molecule has 0 radical (unpaired) electrons. The Morgan fingerprint density at radius 2 is 2.22 bits per heavy atom. The fraction of sp³-hybridized carbons (Fsp3) is 0.357. The molecule has 0 aliphatic rings. The summed E-state index contributed by atoms with van der Waals surface area (Å²) in [5, 5.41) is 4.54. The van der Waals surface area contributed by atoms with Crippen LogP contribution in [0.15, 0.2) is 30.3 Å². The minimum absolute atomic E-state index is 0.138. The number of benzene rings is 1. The van der Waals surface area contributed by atoms with Gasteiger partial charge in [-0.1, -0.05) is 18.2 Å². The number of hydrogen-bond acceptors (Lipinski definition) is 4. The van der Waals surface area contributed by atoms with Crippen LogP contribution in [0.5, 0.6) is 0 Å². The summed E-state index contributed by atoms with van der Waals surface area (Å²) in [4.78, 5) is 12.4. The Morgan fingerprint density at radius 1 is 1.39 bits per heavy atom. The van der Waals surface area contributed by atoms with Crippen molar-refractivity contribution in [1.29, 1.82) is 0 Å². The SMILES string of the molecule is CCOC(=O)CCNCc1cc2ccccc2s1. The molecule has 18 heavy (non-hydrogen) atoms. The van der Waals surface area contributed by atoms with Crippen LogP contribution >= 0.6 is 11.3 Å². The van der Waals surface area contributed by atoms with Crippen molar-refractivity contribution in [2.45, 2.75) is 19.9 Å². The van der Waals surface area contributed by atoms with Crippen molar-refractivity contribution < 1.29 is 9.53 Å². The zero-order valence-electron chi connectivity index (χ0n) is 10.4. The lowest BCUT2D eigenvalue weighted by molar-refractivity contribution is -0.142. The number of ether oxygens (including phenoxy) is 1. The Labute approximate surface area is 111 Å². The van der Waals surface area contributed by atoms with Crippen molar-refractivity contribution in [2.75, 3.05) is 13.2 Å². The lowest BCUT2D eigenvalue weighted by Gasteiger charge is -2.02. The number of carbonyl (C=O) groups excluding carboxylic acids is 1. The predicted molar refractivity (Wildman–Crippen MR) is 74.8 cm³/mol. The van der Waals surface area contributed by atoms with Crippen molar-refractivity contribution in [3.63, 3.8) is 0 Å². The molecular formula is C14H17NO2S. The van der Waals surface area contributed by atoms with Crippen LogP contribution in [0.1, 0.15) is 18.2 Å². The molecule has 1 aromatic heterocycles. The molecular weight excluding hydrogens is 246 g/mol. The van der Waals surface area contributed by atoms with Crippen LogP contribution in [0.25, 0.3) is 10.1 Å². The van der Waals surface area contributed by atoms with E-state index in [9.17, 15) is 4.79 Å². The number of esters is 1. The molecule has 4 heteroatoms. The van der Waals surface area contributed by atoms with Gasteiger partial charge in [-0.3, -0.25) is 4.79 Å². The molecule has 1 heterocycles. The maximum Gasteiger partial charge on any atom is 0.307 e. The molecule has 2 aromatic rings. The second-order valence-corrected chi connectivity index (χ2v) is 5.15. The molecule has 96 valence electrons. The lowest BCUT2D eigenvalue weighted by atomic mass is 10.2. The number of thiophene rings is 1. The first-order valence-electron chi connectivity index (χ1n) is 6.13.